The van der Waals surface area contributed by atoms with E-state index in [1.165, 1.54) is 6.04 Å². The molecule has 0 rings (SSSR count). The Morgan fingerprint density at radius 2 is 2.00 bits per heavy atom. The van der Waals surface area contributed by atoms with Crippen molar-refractivity contribution in [1.29, 1.82) is 0 Å². The van der Waals surface area contributed by atoms with E-state index in [4.69, 9.17) is 5.11 Å². The standard InChI is InChI=1S/C5H13OSi/c1-7(2)5-3-4-6/h6H,3-5H2,1-2H3. The number of hydrogen-bond donors (Lipinski definition) is 1. The Hall–Kier alpha value is 0.177. The molecule has 0 fully saturated rings. The summed E-state index contributed by atoms with van der Waals surface area (Å²) < 4.78 is 0. The molecule has 0 atom stereocenters. The van der Waals surface area contributed by atoms with E-state index < -0.39 is 0 Å². The first-order chi connectivity index (χ1) is 3.27. The van der Waals surface area contributed by atoms with Crippen molar-refractivity contribution in [3.05, 3.63) is 0 Å². The molecule has 1 nitrogen and oxygen atoms in total. The Morgan fingerprint density at radius 1 is 1.43 bits per heavy atom. The number of hydrogen-bond acceptors (Lipinski definition) is 1. The first-order valence-electron chi connectivity index (χ1n) is 2.67. The lowest BCUT2D eigenvalue weighted by Crippen LogP contribution is -1.99. The highest BCUT2D eigenvalue weighted by atomic mass is 28.3. The van der Waals surface area contributed by atoms with Gasteiger partial charge >= 0.3 is 0 Å². The number of rotatable bonds is 3. The summed E-state index contributed by atoms with van der Waals surface area (Å²) in [6, 6.07) is 1.25. The van der Waals surface area contributed by atoms with Gasteiger partial charge in [-0.2, -0.15) is 0 Å². The van der Waals surface area contributed by atoms with Gasteiger partial charge in [0.2, 0.25) is 0 Å². The monoisotopic (exact) mass is 117 g/mol. The van der Waals surface area contributed by atoms with Crippen LogP contribution in [0, 0.1) is 0 Å². The van der Waals surface area contributed by atoms with Crippen LogP contribution in [-0.4, -0.2) is 20.5 Å². The number of aliphatic hydroxyl groups is 1. The lowest BCUT2D eigenvalue weighted by Gasteiger charge is -1.96. The molecule has 0 spiro atoms. The highest BCUT2D eigenvalue weighted by Crippen LogP contribution is 1.93. The van der Waals surface area contributed by atoms with Crippen LogP contribution in [-0.2, 0) is 0 Å². The molecule has 0 aromatic heterocycles. The molecule has 2 heteroatoms. The smallest absolute Gasteiger partial charge is 0.0428 e. The van der Waals surface area contributed by atoms with E-state index in [2.05, 4.69) is 13.1 Å². The molecular weight excluding hydrogens is 104 g/mol. The molecule has 0 saturated carbocycles. The molecule has 0 unspecified atom stereocenters. The molecule has 0 aromatic rings. The van der Waals surface area contributed by atoms with Crippen LogP contribution in [0.2, 0.25) is 19.1 Å². The second kappa shape index (κ2) is 4.34. The molecule has 0 aromatic carbocycles. The van der Waals surface area contributed by atoms with Crippen molar-refractivity contribution in [3.63, 3.8) is 0 Å². The highest BCUT2D eigenvalue weighted by molar-refractivity contribution is 6.55. The van der Waals surface area contributed by atoms with Crippen LogP contribution in [0.1, 0.15) is 6.42 Å². The van der Waals surface area contributed by atoms with Gasteiger partial charge in [-0.25, -0.2) is 0 Å². The molecule has 0 bridgehead atoms. The van der Waals surface area contributed by atoms with Crippen LogP contribution in [0.4, 0.5) is 0 Å². The average molecular weight is 117 g/mol. The molecule has 0 aliphatic heterocycles. The third-order valence-electron chi connectivity index (χ3n) is 0.835. The molecule has 43 valence electrons. The molecule has 0 aliphatic carbocycles. The zero-order valence-electron chi connectivity index (χ0n) is 5.07. The summed E-state index contributed by atoms with van der Waals surface area (Å²) in [6.45, 7) is 4.90. The van der Waals surface area contributed by atoms with E-state index in [1.54, 1.807) is 0 Å². The minimum absolute atomic E-state index is 0.0573. The van der Waals surface area contributed by atoms with Gasteiger partial charge in [-0.15, -0.1) is 0 Å². The molecule has 7 heavy (non-hydrogen) atoms. The van der Waals surface area contributed by atoms with Gasteiger partial charge < -0.3 is 5.11 Å². The molecular formula is C5H13OSi. The van der Waals surface area contributed by atoms with Crippen LogP contribution in [0.25, 0.3) is 0 Å². The van der Waals surface area contributed by atoms with Gasteiger partial charge in [0.15, 0.2) is 0 Å². The van der Waals surface area contributed by atoms with E-state index in [0.717, 1.165) is 6.42 Å². The lowest BCUT2D eigenvalue weighted by atomic mass is 10.5. The summed E-state index contributed by atoms with van der Waals surface area (Å²) >= 11 is 0. The lowest BCUT2D eigenvalue weighted by molar-refractivity contribution is 0.294. The zero-order chi connectivity index (χ0) is 5.70. The molecule has 0 heterocycles. The van der Waals surface area contributed by atoms with Crippen LogP contribution >= 0.6 is 0 Å². The third-order valence-corrected chi connectivity index (χ3v) is 2.19. The molecule has 1 N–H and O–H groups in total. The largest absolute Gasteiger partial charge is 0.396 e. The van der Waals surface area contributed by atoms with Crippen LogP contribution in [0.5, 0.6) is 0 Å². The maximum Gasteiger partial charge on any atom is 0.0428 e. The molecule has 0 amide bonds. The second-order valence-corrected chi connectivity index (χ2v) is 4.95. The van der Waals surface area contributed by atoms with Gasteiger partial charge in [0.1, 0.15) is 0 Å². The minimum Gasteiger partial charge on any atom is -0.396 e. The fraction of sp³-hybridized carbons (Fsp3) is 1.00. The fourth-order valence-electron chi connectivity index (χ4n) is 0.433. The first-order valence-corrected chi connectivity index (χ1v) is 5.38. The zero-order valence-corrected chi connectivity index (χ0v) is 6.07. The van der Waals surface area contributed by atoms with E-state index in [1.807, 2.05) is 0 Å². The van der Waals surface area contributed by atoms with Crippen molar-refractivity contribution in [2.75, 3.05) is 6.61 Å². The fourth-order valence-corrected chi connectivity index (χ4v) is 1.30. The molecule has 1 radical (unpaired) electrons. The summed E-state index contributed by atoms with van der Waals surface area (Å²) in [7, 11) is -0.0573. The summed E-state index contributed by atoms with van der Waals surface area (Å²) in [6.07, 6.45) is 1.00. The van der Waals surface area contributed by atoms with Crippen LogP contribution in [0.3, 0.4) is 0 Å². The van der Waals surface area contributed by atoms with Gasteiger partial charge in [-0.05, 0) is 6.42 Å². The van der Waals surface area contributed by atoms with E-state index in [-0.39, 0.29) is 8.80 Å². The summed E-state index contributed by atoms with van der Waals surface area (Å²) in [5.41, 5.74) is 0. The summed E-state index contributed by atoms with van der Waals surface area (Å²) in [4.78, 5) is 0. The molecule has 0 saturated heterocycles. The van der Waals surface area contributed by atoms with Crippen molar-refractivity contribution in [3.8, 4) is 0 Å². The minimum atomic E-state index is -0.0573. The topological polar surface area (TPSA) is 20.2 Å². The van der Waals surface area contributed by atoms with Crippen molar-refractivity contribution in [2.24, 2.45) is 0 Å². The quantitative estimate of drug-likeness (QED) is 0.549. The van der Waals surface area contributed by atoms with Crippen LogP contribution in [0.15, 0.2) is 0 Å². The Bertz CT molecular complexity index is 37.1. The van der Waals surface area contributed by atoms with Gasteiger partial charge in [0, 0.05) is 15.4 Å². The second-order valence-electron chi connectivity index (χ2n) is 2.03. The molecule has 0 aliphatic rings. The predicted octanol–water partition coefficient (Wildman–Crippen LogP) is 1.12. The maximum absolute atomic E-state index is 8.33. The highest BCUT2D eigenvalue weighted by Gasteiger charge is 1.91. The van der Waals surface area contributed by atoms with Crippen molar-refractivity contribution in [2.45, 2.75) is 25.6 Å². The van der Waals surface area contributed by atoms with Crippen molar-refractivity contribution < 1.29 is 5.11 Å². The van der Waals surface area contributed by atoms with E-state index >= 15 is 0 Å². The van der Waals surface area contributed by atoms with Crippen molar-refractivity contribution in [1.82, 2.24) is 0 Å². The third kappa shape index (κ3) is 6.18. The maximum atomic E-state index is 8.33. The van der Waals surface area contributed by atoms with Gasteiger partial charge in [0.05, 0.1) is 0 Å². The SMILES string of the molecule is C[Si](C)CCCO. The first kappa shape index (κ1) is 7.18. The van der Waals surface area contributed by atoms with E-state index in [0.29, 0.717) is 6.61 Å². The van der Waals surface area contributed by atoms with Crippen molar-refractivity contribution >= 4 is 8.80 Å². The van der Waals surface area contributed by atoms with Gasteiger partial charge in [-0.3, -0.25) is 0 Å². The Morgan fingerprint density at radius 3 is 2.14 bits per heavy atom. The Balaban J connectivity index is 2.68. The summed E-state index contributed by atoms with van der Waals surface area (Å²) in [5.74, 6) is 0. The van der Waals surface area contributed by atoms with E-state index in [9.17, 15) is 0 Å². The number of aliphatic hydroxyl groups excluding tert-OH is 1. The Kier molecular flexibility index (Phi) is 4.45. The van der Waals surface area contributed by atoms with Gasteiger partial charge in [-0.1, -0.05) is 19.1 Å². The average Bonchev–Trinajstić information content (AvgIpc) is 1.61. The predicted molar refractivity (Wildman–Crippen MR) is 34.0 cm³/mol. The van der Waals surface area contributed by atoms with Gasteiger partial charge in [0.25, 0.3) is 0 Å². The Labute approximate surface area is 47.0 Å². The normalized spacial score (nSPS) is 10.3. The summed E-state index contributed by atoms with van der Waals surface area (Å²) in [5, 5.41) is 8.33. The van der Waals surface area contributed by atoms with Crippen LogP contribution < -0.4 is 0 Å².